The van der Waals surface area contributed by atoms with E-state index in [-0.39, 0.29) is 6.04 Å². The van der Waals surface area contributed by atoms with Crippen LogP contribution in [-0.2, 0) is 28.7 Å². The van der Waals surface area contributed by atoms with Crippen molar-refractivity contribution in [1.82, 2.24) is 5.32 Å². The first kappa shape index (κ1) is 17.9. The topological polar surface area (TPSA) is 119 Å². The highest BCUT2D eigenvalue weighted by molar-refractivity contribution is 5.91. The van der Waals surface area contributed by atoms with Gasteiger partial charge in [0.2, 0.25) is 12.2 Å². The molecule has 0 radical (unpaired) electrons. The first-order valence-corrected chi connectivity index (χ1v) is 7.19. The van der Waals surface area contributed by atoms with Crippen LogP contribution in [0.25, 0.3) is 0 Å². The van der Waals surface area contributed by atoms with Gasteiger partial charge in [0.05, 0.1) is 0 Å². The molecular formula is C14H21NO7. The number of carboxylic acid groups (broad SMARTS) is 1. The van der Waals surface area contributed by atoms with Crippen LogP contribution in [0.3, 0.4) is 0 Å². The van der Waals surface area contributed by atoms with Crippen molar-refractivity contribution in [3.8, 4) is 0 Å². The zero-order chi connectivity index (χ0) is 16.7. The monoisotopic (exact) mass is 315 g/mol. The van der Waals surface area contributed by atoms with Crippen LogP contribution >= 0.6 is 0 Å². The molecule has 2 unspecified atom stereocenters. The van der Waals surface area contributed by atoms with Crippen LogP contribution in [0.5, 0.6) is 0 Å². The summed E-state index contributed by atoms with van der Waals surface area (Å²) in [6.45, 7) is 2.06. The fourth-order valence-corrected chi connectivity index (χ4v) is 2.38. The summed E-state index contributed by atoms with van der Waals surface area (Å²) in [6.07, 6.45) is 1.01. The summed E-state index contributed by atoms with van der Waals surface area (Å²) in [5.74, 6) is -4.03. The van der Waals surface area contributed by atoms with Crippen molar-refractivity contribution in [2.75, 3.05) is 0 Å². The van der Waals surface area contributed by atoms with Crippen molar-refractivity contribution in [3.05, 3.63) is 0 Å². The predicted octanol–water partition coefficient (Wildman–Crippen LogP) is 0.383. The number of aliphatic carboxylic acids is 1. The van der Waals surface area contributed by atoms with Crippen LogP contribution in [0.2, 0.25) is 0 Å². The molecule has 0 heterocycles. The van der Waals surface area contributed by atoms with E-state index in [1.807, 2.05) is 0 Å². The standard InChI is InChI=1S/C14H21NO7/c1-8(16)21-11(12(14(19)20)22-9(2)17)13(18)15-10-6-4-3-5-7-10/h10-12H,3-7H2,1-2H3,(H,15,18)(H,19,20). The first-order valence-electron chi connectivity index (χ1n) is 7.19. The summed E-state index contributed by atoms with van der Waals surface area (Å²) < 4.78 is 9.38. The van der Waals surface area contributed by atoms with E-state index < -0.39 is 36.0 Å². The summed E-state index contributed by atoms with van der Waals surface area (Å²) in [5.41, 5.74) is 0. The highest BCUT2D eigenvalue weighted by Gasteiger charge is 2.40. The van der Waals surface area contributed by atoms with Gasteiger partial charge in [-0.2, -0.15) is 0 Å². The maximum atomic E-state index is 12.2. The minimum absolute atomic E-state index is 0.0916. The smallest absolute Gasteiger partial charge is 0.349 e. The molecule has 1 saturated carbocycles. The van der Waals surface area contributed by atoms with Crippen LogP contribution in [0.15, 0.2) is 0 Å². The lowest BCUT2D eigenvalue weighted by Gasteiger charge is -2.27. The molecule has 0 spiro atoms. The normalized spacial score (nSPS) is 17.9. The molecule has 124 valence electrons. The number of carboxylic acids is 1. The third-order valence-electron chi connectivity index (χ3n) is 3.31. The van der Waals surface area contributed by atoms with Crippen molar-refractivity contribution in [3.63, 3.8) is 0 Å². The number of carbonyl (C=O) groups excluding carboxylic acids is 3. The summed E-state index contributed by atoms with van der Waals surface area (Å²) in [5, 5.41) is 11.8. The molecule has 22 heavy (non-hydrogen) atoms. The highest BCUT2D eigenvalue weighted by atomic mass is 16.6. The van der Waals surface area contributed by atoms with E-state index in [1.54, 1.807) is 0 Å². The molecule has 1 aliphatic carbocycles. The van der Waals surface area contributed by atoms with Gasteiger partial charge in [0.25, 0.3) is 5.91 Å². The number of amides is 1. The number of esters is 2. The third-order valence-corrected chi connectivity index (χ3v) is 3.31. The number of hydrogen-bond acceptors (Lipinski definition) is 6. The minimum Gasteiger partial charge on any atom is -0.478 e. The Morgan fingerprint density at radius 2 is 1.45 bits per heavy atom. The second-order valence-corrected chi connectivity index (χ2v) is 5.24. The molecule has 8 heteroatoms. The van der Waals surface area contributed by atoms with Crippen molar-refractivity contribution in [2.45, 2.75) is 64.2 Å². The van der Waals surface area contributed by atoms with Crippen molar-refractivity contribution < 1.29 is 33.8 Å². The third kappa shape index (κ3) is 5.71. The quantitative estimate of drug-likeness (QED) is 0.680. The second-order valence-electron chi connectivity index (χ2n) is 5.24. The summed E-state index contributed by atoms with van der Waals surface area (Å²) in [7, 11) is 0. The molecule has 1 amide bonds. The average Bonchev–Trinajstić information content (AvgIpc) is 2.42. The maximum Gasteiger partial charge on any atom is 0.349 e. The SMILES string of the molecule is CC(=O)OC(C(=O)O)C(OC(C)=O)C(=O)NC1CCCCC1. The van der Waals surface area contributed by atoms with E-state index in [0.717, 1.165) is 46.0 Å². The van der Waals surface area contributed by atoms with E-state index in [2.05, 4.69) is 10.1 Å². The van der Waals surface area contributed by atoms with Gasteiger partial charge in [0.15, 0.2) is 0 Å². The lowest BCUT2D eigenvalue weighted by molar-refractivity contribution is -0.181. The Morgan fingerprint density at radius 1 is 0.955 bits per heavy atom. The van der Waals surface area contributed by atoms with Crippen LogP contribution in [0.1, 0.15) is 46.0 Å². The average molecular weight is 315 g/mol. The number of nitrogens with one attached hydrogen (secondary N) is 1. The van der Waals surface area contributed by atoms with Crippen molar-refractivity contribution in [1.29, 1.82) is 0 Å². The molecule has 8 nitrogen and oxygen atoms in total. The van der Waals surface area contributed by atoms with E-state index in [1.165, 1.54) is 0 Å². The fourth-order valence-electron chi connectivity index (χ4n) is 2.38. The number of hydrogen-bond donors (Lipinski definition) is 2. The summed E-state index contributed by atoms with van der Waals surface area (Å²) in [6, 6.07) is -0.0916. The van der Waals surface area contributed by atoms with E-state index in [0.29, 0.717) is 0 Å². The van der Waals surface area contributed by atoms with Gasteiger partial charge < -0.3 is 19.9 Å². The Kier molecular flexibility index (Phi) is 6.81. The van der Waals surface area contributed by atoms with E-state index in [9.17, 15) is 19.2 Å². The van der Waals surface area contributed by atoms with Gasteiger partial charge in [-0.15, -0.1) is 0 Å². The predicted molar refractivity (Wildman–Crippen MR) is 73.8 cm³/mol. The van der Waals surface area contributed by atoms with Gasteiger partial charge in [-0.3, -0.25) is 14.4 Å². The largest absolute Gasteiger partial charge is 0.478 e. The van der Waals surface area contributed by atoms with Gasteiger partial charge in [-0.05, 0) is 12.8 Å². The molecule has 0 bridgehead atoms. The van der Waals surface area contributed by atoms with Gasteiger partial charge in [-0.1, -0.05) is 19.3 Å². The van der Waals surface area contributed by atoms with Gasteiger partial charge in [0, 0.05) is 19.9 Å². The van der Waals surface area contributed by atoms with Crippen LogP contribution in [0.4, 0.5) is 0 Å². The molecule has 2 N–H and O–H groups in total. The Balaban J connectivity index is 2.83. The molecule has 0 aromatic rings. The molecule has 0 saturated heterocycles. The summed E-state index contributed by atoms with van der Waals surface area (Å²) >= 11 is 0. The Bertz CT molecular complexity index is 442. The van der Waals surface area contributed by atoms with Gasteiger partial charge >= 0.3 is 17.9 Å². The number of ether oxygens (including phenoxy) is 2. The number of rotatable bonds is 6. The second kappa shape index (κ2) is 8.35. The van der Waals surface area contributed by atoms with Gasteiger partial charge in [-0.25, -0.2) is 4.79 Å². The van der Waals surface area contributed by atoms with Crippen LogP contribution < -0.4 is 5.32 Å². The van der Waals surface area contributed by atoms with E-state index >= 15 is 0 Å². The molecule has 0 aromatic carbocycles. The zero-order valence-electron chi connectivity index (χ0n) is 12.7. The Morgan fingerprint density at radius 3 is 1.91 bits per heavy atom. The Hall–Kier alpha value is -2.12. The maximum absolute atomic E-state index is 12.2. The van der Waals surface area contributed by atoms with Crippen molar-refractivity contribution >= 4 is 23.8 Å². The lowest BCUT2D eigenvalue weighted by atomic mass is 9.95. The van der Waals surface area contributed by atoms with Crippen LogP contribution in [-0.4, -0.2) is 47.2 Å². The first-order chi connectivity index (χ1) is 10.3. The summed E-state index contributed by atoms with van der Waals surface area (Å²) in [4.78, 5) is 45.6. The molecular weight excluding hydrogens is 294 g/mol. The lowest BCUT2D eigenvalue weighted by Crippen LogP contribution is -2.52. The van der Waals surface area contributed by atoms with Crippen molar-refractivity contribution in [2.24, 2.45) is 0 Å². The Labute approximate surface area is 128 Å². The van der Waals surface area contributed by atoms with E-state index in [4.69, 9.17) is 9.84 Å². The zero-order valence-corrected chi connectivity index (χ0v) is 12.7. The fraction of sp³-hybridized carbons (Fsp3) is 0.714. The molecule has 1 fully saturated rings. The van der Waals surface area contributed by atoms with Crippen LogP contribution in [0, 0.1) is 0 Å². The number of carbonyl (C=O) groups is 4. The molecule has 0 aliphatic heterocycles. The molecule has 1 rings (SSSR count). The molecule has 1 aliphatic rings. The van der Waals surface area contributed by atoms with Gasteiger partial charge in [0.1, 0.15) is 0 Å². The molecule has 2 atom stereocenters. The molecule has 0 aromatic heterocycles. The highest BCUT2D eigenvalue weighted by Crippen LogP contribution is 2.18. The minimum atomic E-state index is -1.87.